The van der Waals surface area contributed by atoms with Crippen molar-refractivity contribution < 1.29 is 19.4 Å². The summed E-state index contributed by atoms with van der Waals surface area (Å²) in [7, 11) is 0. The topological polar surface area (TPSA) is 172 Å². The van der Waals surface area contributed by atoms with Crippen molar-refractivity contribution in [3.8, 4) is 23.7 Å². The summed E-state index contributed by atoms with van der Waals surface area (Å²) in [5.74, 6) is -0.314. The third-order valence-corrected chi connectivity index (χ3v) is 5.36. The molecule has 0 unspecified atom stereocenters. The third-order valence-electron chi connectivity index (χ3n) is 5.13. The monoisotopic (exact) mass is 518 g/mol. The van der Waals surface area contributed by atoms with E-state index >= 15 is 0 Å². The molecule has 2 N–H and O–H groups in total. The lowest BCUT2D eigenvalue weighted by Gasteiger charge is -2.20. The maximum atomic E-state index is 13.0. The minimum Gasteiger partial charge on any atom is -0.461 e. The van der Waals surface area contributed by atoms with Gasteiger partial charge in [-0.2, -0.15) is 15.6 Å². The molecule has 13 heteroatoms. The van der Waals surface area contributed by atoms with Gasteiger partial charge in [-0.3, -0.25) is 4.79 Å². The van der Waals surface area contributed by atoms with Gasteiger partial charge in [-0.05, 0) is 31.2 Å². The molecule has 3 aromatic heterocycles. The van der Waals surface area contributed by atoms with Gasteiger partial charge in [-0.1, -0.05) is 17.7 Å². The largest absolute Gasteiger partial charge is 0.461 e. The molecule has 0 aliphatic heterocycles. The normalized spacial score (nSPS) is 12.4. The molecule has 4 aromatic rings. The van der Waals surface area contributed by atoms with Crippen LogP contribution in [0.25, 0.3) is 16.7 Å². The summed E-state index contributed by atoms with van der Waals surface area (Å²) in [5, 5.41) is 36.1. The van der Waals surface area contributed by atoms with Gasteiger partial charge in [0.25, 0.3) is 5.91 Å². The number of fused-ring (bicyclic) bond motifs is 1. The van der Waals surface area contributed by atoms with Crippen LogP contribution in [0, 0.1) is 22.7 Å². The van der Waals surface area contributed by atoms with Gasteiger partial charge >= 0.3 is 0 Å². The number of aromatic nitrogens is 5. The highest BCUT2D eigenvalue weighted by atomic mass is 35.5. The molecule has 12 nitrogen and oxygen atoms in total. The van der Waals surface area contributed by atoms with Crippen LogP contribution in [-0.2, 0) is 9.53 Å². The van der Waals surface area contributed by atoms with E-state index in [1.54, 1.807) is 31.2 Å². The molecule has 3 heterocycles. The minimum absolute atomic E-state index is 0.0219. The van der Waals surface area contributed by atoms with Crippen LogP contribution in [0.5, 0.6) is 5.88 Å². The highest BCUT2D eigenvalue weighted by Crippen LogP contribution is 2.27. The van der Waals surface area contributed by atoms with Crippen LogP contribution in [0.3, 0.4) is 0 Å². The van der Waals surface area contributed by atoms with Crippen molar-refractivity contribution in [3.63, 3.8) is 0 Å². The first-order valence-corrected chi connectivity index (χ1v) is 11.3. The van der Waals surface area contributed by atoms with Crippen molar-refractivity contribution in [2.24, 2.45) is 0 Å². The molecule has 0 saturated heterocycles. The molecule has 186 valence electrons. The number of carbonyl (C=O) groups excluding carboxylic acids is 1. The van der Waals surface area contributed by atoms with E-state index in [4.69, 9.17) is 21.1 Å². The molecular formula is C24H19ClN8O4. The van der Waals surface area contributed by atoms with Gasteiger partial charge in [0.1, 0.15) is 35.4 Å². The first-order chi connectivity index (χ1) is 17.9. The molecular weight excluding hydrogens is 500 g/mol. The number of pyridine rings is 1. The van der Waals surface area contributed by atoms with Crippen LogP contribution >= 0.6 is 11.6 Å². The molecule has 37 heavy (non-hydrogen) atoms. The van der Waals surface area contributed by atoms with E-state index in [1.165, 1.54) is 29.5 Å². The summed E-state index contributed by atoms with van der Waals surface area (Å²) < 4.78 is 12.8. The van der Waals surface area contributed by atoms with Crippen molar-refractivity contribution in [3.05, 3.63) is 65.2 Å². The van der Waals surface area contributed by atoms with Crippen LogP contribution < -0.4 is 10.1 Å². The third kappa shape index (κ3) is 5.63. The van der Waals surface area contributed by atoms with E-state index in [2.05, 4.69) is 37.5 Å². The lowest BCUT2D eigenvalue weighted by Crippen LogP contribution is -2.38. The van der Waals surface area contributed by atoms with Crippen LogP contribution in [-0.4, -0.2) is 61.2 Å². The molecule has 4 rings (SSSR count). The lowest BCUT2D eigenvalue weighted by molar-refractivity contribution is -0.127. The zero-order chi connectivity index (χ0) is 26.4. The molecule has 0 spiro atoms. The van der Waals surface area contributed by atoms with Crippen molar-refractivity contribution >= 4 is 34.4 Å². The lowest BCUT2D eigenvalue weighted by atomic mass is 10.1. The summed E-state index contributed by atoms with van der Waals surface area (Å²) in [6.07, 6.45) is 2.26. The number of carbonyl (C=O) groups is 1. The summed E-state index contributed by atoms with van der Waals surface area (Å²) in [4.78, 5) is 25.5. The Hall–Kier alpha value is -4.62. The number of nitrogens with one attached hydrogen (secondary N) is 1. The number of ether oxygens (including phenoxy) is 2. The smallest absolute Gasteiger partial charge is 0.269 e. The number of anilines is 1. The summed E-state index contributed by atoms with van der Waals surface area (Å²) in [6.45, 7) is 1.18. The van der Waals surface area contributed by atoms with E-state index in [-0.39, 0.29) is 47.4 Å². The summed E-state index contributed by atoms with van der Waals surface area (Å²) >= 11 is 5.86. The minimum atomic E-state index is -1.20. The van der Waals surface area contributed by atoms with Gasteiger partial charge in [-0.25, -0.2) is 19.6 Å². The van der Waals surface area contributed by atoms with Gasteiger partial charge in [0.05, 0.1) is 41.7 Å². The molecule has 0 bridgehead atoms. The number of hydrogen-bond donors (Lipinski definition) is 2. The average molecular weight is 519 g/mol. The van der Waals surface area contributed by atoms with Gasteiger partial charge < -0.3 is 19.9 Å². The Morgan fingerprint density at radius 3 is 2.57 bits per heavy atom. The van der Waals surface area contributed by atoms with Gasteiger partial charge in [-0.15, -0.1) is 0 Å². The van der Waals surface area contributed by atoms with Gasteiger partial charge in [0.15, 0.2) is 5.65 Å². The second-order valence-corrected chi connectivity index (χ2v) is 8.12. The standard InChI is InChI=1S/C24H19ClN8O4/c1-14(11-34)36-12-19(23(35)32-20-6-5-17(25)9-28-20)37-24-18-10-31-33(22(18)29-13-30-24)21-15(7-26)3-2-4-16(21)8-27/h2-6,9-10,13-14,19,34H,11-12H2,1H3,(H,28,32,35)/t14-,19+/m1/s1. The summed E-state index contributed by atoms with van der Waals surface area (Å²) in [5.41, 5.74) is 0.969. The predicted octanol–water partition coefficient (Wildman–Crippen LogP) is 2.39. The molecule has 2 atom stereocenters. The number of halogens is 1. The highest BCUT2D eigenvalue weighted by molar-refractivity contribution is 6.30. The Morgan fingerprint density at radius 2 is 1.92 bits per heavy atom. The zero-order valence-corrected chi connectivity index (χ0v) is 20.1. The van der Waals surface area contributed by atoms with Gasteiger partial charge in [0, 0.05) is 6.20 Å². The number of aliphatic hydroxyl groups is 1. The number of nitrogens with zero attached hydrogens (tertiary/aromatic N) is 7. The maximum Gasteiger partial charge on any atom is 0.269 e. The van der Waals surface area contributed by atoms with Crippen LogP contribution in [0.4, 0.5) is 5.82 Å². The molecule has 0 radical (unpaired) electrons. The Labute approximate surface area is 215 Å². The molecule has 0 aliphatic carbocycles. The van der Waals surface area contributed by atoms with Crippen LogP contribution in [0.1, 0.15) is 18.1 Å². The fourth-order valence-corrected chi connectivity index (χ4v) is 3.40. The Balaban J connectivity index is 1.69. The van der Waals surface area contributed by atoms with Crippen molar-refractivity contribution in [2.45, 2.75) is 19.1 Å². The number of nitriles is 2. The molecule has 0 aliphatic rings. The first-order valence-electron chi connectivity index (χ1n) is 10.9. The zero-order valence-electron chi connectivity index (χ0n) is 19.4. The number of amides is 1. The van der Waals surface area contributed by atoms with E-state index < -0.39 is 18.1 Å². The fraction of sp³-hybridized carbons (Fsp3) is 0.208. The summed E-state index contributed by atoms with van der Waals surface area (Å²) in [6, 6.07) is 11.9. The second-order valence-electron chi connectivity index (χ2n) is 7.68. The Kier molecular flexibility index (Phi) is 7.86. The number of hydrogen-bond acceptors (Lipinski definition) is 10. The first kappa shape index (κ1) is 25.5. The predicted molar refractivity (Wildman–Crippen MR) is 131 cm³/mol. The molecule has 1 amide bonds. The molecule has 0 saturated carbocycles. The number of para-hydroxylation sites is 1. The number of benzene rings is 1. The number of aliphatic hydroxyl groups excluding tert-OH is 1. The number of rotatable bonds is 9. The van der Waals surface area contributed by atoms with E-state index in [0.29, 0.717) is 10.4 Å². The van der Waals surface area contributed by atoms with Crippen LogP contribution in [0.15, 0.2) is 49.1 Å². The van der Waals surface area contributed by atoms with Crippen LogP contribution in [0.2, 0.25) is 5.02 Å². The van der Waals surface area contributed by atoms with Crippen molar-refractivity contribution in [2.75, 3.05) is 18.5 Å². The van der Waals surface area contributed by atoms with E-state index in [0.717, 1.165) is 0 Å². The van der Waals surface area contributed by atoms with E-state index in [1.807, 2.05) is 0 Å². The fourth-order valence-electron chi connectivity index (χ4n) is 3.29. The second kappa shape index (κ2) is 11.4. The highest BCUT2D eigenvalue weighted by Gasteiger charge is 2.26. The SMILES string of the molecule is C[C@H](CO)OC[C@H](Oc1ncnc2c1cnn2-c1c(C#N)cccc1C#N)C(=O)Nc1ccc(Cl)cn1. The average Bonchev–Trinajstić information content (AvgIpc) is 3.36. The Bertz CT molecular complexity index is 1480. The Morgan fingerprint density at radius 1 is 1.16 bits per heavy atom. The van der Waals surface area contributed by atoms with Gasteiger partial charge in [0.2, 0.25) is 12.0 Å². The van der Waals surface area contributed by atoms with Crippen molar-refractivity contribution in [1.29, 1.82) is 10.5 Å². The maximum absolute atomic E-state index is 13.0. The molecule has 1 aromatic carbocycles. The quantitative estimate of drug-likeness (QED) is 0.335. The van der Waals surface area contributed by atoms with E-state index in [9.17, 15) is 20.4 Å². The molecule has 0 fully saturated rings. The van der Waals surface area contributed by atoms with Crippen molar-refractivity contribution in [1.82, 2.24) is 24.7 Å².